The van der Waals surface area contributed by atoms with E-state index in [1.807, 2.05) is 61.9 Å². The summed E-state index contributed by atoms with van der Waals surface area (Å²) >= 11 is 0. The van der Waals surface area contributed by atoms with Crippen molar-refractivity contribution in [3.63, 3.8) is 0 Å². The maximum atomic E-state index is 5.88. The first-order valence-corrected chi connectivity index (χ1v) is 12.0. The lowest BCUT2D eigenvalue weighted by atomic mass is 9.91. The molecule has 0 amide bonds. The summed E-state index contributed by atoms with van der Waals surface area (Å²) in [6.07, 6.45) is 12.4. The van der Waals surface area contributed by atoms with Crippen molar-refractivity contribution in [3.8, 4) is 22.6 Å². The van der Waals surface area contributed by atoms with E-state index < -0.39 is 0 Å². The Morgan fingerprint density at radius 1 is 0.556 bits per heavy atom. The largest absolute Gasteiger partial charge is 0.496 e. The van der Waals surface area contributed by atoms with Gasteiger partial charge in [0.1, 0.15) is 39.7 Å². The van der Waals surface area contributed by atoms with Gasteiger partial charge < -0.3 is 9.47 Å². The molecule has 0 unspecified atom stereocenters. The highest BCUT2D eigenvalue weighted by Gasteiger charge is 2.18. The smallest absolute Gasteiger partial charge is 0.162 e. The van der Waals surface area contributed by atoms with Crippen molar-refractivity contribution in [1.82, 2.24) is 0 Å². The van der Waals surface area contributed by atoms with E-state index in [9.17, 15) is 0 Å². The molecule has 36 heavy (non-hydrogen) atoms. The molecule has 0 aliphatic carbocycles. The zero-order valence-corrected chi connectivity index (χ0v) is 21.9. The van der Waals surface area contributed by atoms with Gasteiger partial charge in [0.15, 0.2) is 12.4 Å². The van der Waals surface area contributed by atoms with Gasteiger partial charge in [-0.05, 0) is 69.1 Å². The maximum Gasteiger partial charge on any atom is 0.162 e. The first-order valence-electron chi connectivity index (χ1n) is 12.0. The Morgan fingerprint density at radius 2 is 0.972 bits per heavy atom. The van der Waals surface area contributed by atoms with Gasteiger partial charge in [0, 0.05) is 23.3 Å². The molecule has 0 aliphatic heterocycles. The zero-order chi connectivity index (χ0) is 25.7. The number of allylic oxidation sites excluding steroid dienone is 2. The Balaban J connectivity index is 1.93. The van der Waals surface area contributed by atoms with Crippen LogP contribution in [0.15, 0.2) is 72.8 Å². The molecule has 4 aromatic carbocycles. The van der Waals surface area contributed by atoms with Crippen molar-refractivity contribution in [2.75, 3.05) is 42.4 Å². The van der Waals surface area contributed by atoms with Crippen molar-refractivity contribution in [2.24, 2.45) is 0 Å². The first-order chi connectivity index (χ1) is 17.4. The SMILES string of the molecule is COc1ccc2cc(/C=C/C=[N+](C)C)ccc2c1-c1c(OC)ccc2cc(/C=C/C=[N+](C)C)ccc12. The van der Waals surface area contributed by atoms with Crippen LogP contribution in [0.5, 0.6) is 11.5 Å². The number of ether oxygens (including phenoxy) is 2. The van der Waals surface area contributed by atoms with Gasteiger partial charge in [-0.25, -0.2) is 9.15 Å². The number of rotatable bonds is 7. The molecule has 4 rings (SSSR count). The summed E-state index contributed by atoms with van der Waals surface area (Å²) in [7, 11) is 11.5. The fourth-order valence-corrected chi connectivity index (χ4v) is 4.37. The minimum absolute atomic E-state index is 0.821. The molecule has 0 aliphatic rings. The van der Waals surface area contributed by atoms with Gasteiger partial charge in [0.05, 0.1) is 14.2 Å². The number of nitrogens with zero attached hydrogens (tertiary/aromatic N) is 2. The summed E-state index contributed by atoms with van der Waals surface area (Å²) in [5, 5.41) is 4.54. The summed E-state index contributed by atoms with van der Waals surface area (Å²) in [5.41, 5.74) is 4.37. The number of fused-ring (bicyclic) bond motifs is 2. The lowest BCUT2D eigenvalue weighted by Gasteiger charge is -2.18. The number of hydrogen-bond acceptors (Lipinski definition) is 2. The van der Waals surface area contributed by atoms with E-state index in [-0.39, 0.29) is 0 Å². The minimum Gasteiger partial charge on any atom is -0.496 e. The summed E-state index contributed by atoms with van der Waals surface area (Å²) in [4.78, 5) is 0. The van der Waals surface area contributed by atoms with Gasteiger partial charge in [-0.15, -0.1) is 0 Å². The van der Waals surface area contributed by atoms with Crippen LogP contribution in [0.2, 0.25) is 0 Å². The van der Waals surface area contributed by atoms with Crippen LogP contribution in [0.4, 0.5) is 0 Å². The Hall–Kier alpha value is -4.18. The molecule has 0 N–H and O–H groups in total. The Labute approximate surface area is 213 Å². The maximum absolute atomic E-state index is 5.88. The third-order valence-corrected chi connectivity index (χ3v) is 6.05. The lowest BCUT2D eigenvalue weighted by Crippen LogP contribution is -1.96. The van der Waals surface area contributed by atoms with Crippen LogP contribution in [0.25, 0.3) is 44.8 Å². The van der Waals surface area contributed by atoms with Crippen LogP contribution in [0.1, 0.15) is 11.1 Å². The van der Waals surface area contributed by atoms with Crippen molar-refractivity contribution in [1.29, 1.82) is 0 Å². The van der Waals surface area contributed by atoms with Crippen LogP contribution in [0, 0.1) is 0 Å². The van der Waals surface area contributed by atoms with Crippen LogP contribution in [-0.4, -0.2) is 64.0 Å². The average molecular weight is 479 g/mol. The molecular weight excluding hydrogens is 444 g/mol. The summed E-state index contributed by atoms with van der Waals surface area (Å²) in [6, 6.07) is 21.4. The van der Waals surface area contributed by atoms with Crippen molar-refractivity contribution in [2.45, 2.75) is 0 Å². The van der Waals surface area contributed by atoms with Crippen molar-refractivity contribution < 1.29 is 18.6 Å². The van der Waals surface area contributed by atoms with Crippen LogP contribution in [-0.2, 0) is 0 Å². The highest BCUT2D eigenvalue weighted by molar-refractivity contribution is 6.10. The summed E-state index contributed by atoms with van der Waals surface area (Å²) in [6.45, 7) is 0. The van der Waals surface area contributed by atoms with Gasteiger partial charge in [0.25, 0.3) is 0 Å². The van der Waals surface area contributed by atoms with E-state index in [2.05, 4.69) is 72.8 Å². The van der Waals surface area contributed by atoms with Gasteiger partial charge in [-0.1, -0.05) is 36.4 Å². The molecule has 182 valence electrons. The van der Waals surface area contributed by atoms with E-state index in [0.717, 1.165) is 55.3 Å². The number of methoxy groups -OCH3 is 2. The lowest BCUT2D eigenvalue weighted by molar-refractivity contribution is -0.458. The predicted molar refractivity (Wildman–Crippen MR) is 154 cm³/mol. The molecule has 0 saturated carbocycles. The average Bonchev–Trinajstić information content (AvgIpc) is 2.86. The van der Waals surface area contributed by atoms with Crippen LogP contribution < -0.4 is 9.47 Å². The normalized spacial score (nSPS) is 11.4. The fourth-order valence-electron chi connectivity index (χ4n) is 4.37. The van der Waals surface area contributed by atoms with E-state index in [1.54, 1.807) is 14.2 Å². The molecule has 0 radical (unpaired) electrons. The third-order valence-electron chi connectivity index (χ3n) is 6.05. The molecule has 0 fully saturated rings. The fraction of sp³-hybridized carbons (Fsp3) is 0.188. The summed E-state index contributed by atoms with van der Waals surface area (Å²) in [5.74, 6) is 1.64. The summed E-state index contributed by atoms with van der Waals surface area (Å²) < 4.78 is 15.8. The molecule has 4 heteroatoms. The molecule has 0 bridgehead atoms. The molecule has 0 spiro atoms. The van der Waals surface area contributed by atoms with E-state index >= 15 is 0 Å². The Morgan fingerprint density at radius 3 is 1.33 bits per heavy atom. The van der Waals surface area contributed by atoms with Gasteiger partial charge in [-0.2, -0.15) is 0 Å². The van der Waals surface area contributed by atoms with Crippen molar-refractivity contribution in [3.05, 3.63) is 83.9 Å². The van der Waals surface area contributed by atoms with E-state index in [0.29, 0.717) is 0 Å². The highest BCUT2D eigenvalue weighted by Crippen LogP contribution is 2.45. The highest BCUT2D eigenvalue weighted by atomic mass is 16.5. The number of benzene rings is 4. The number of hydrogen-bond donors (Lipinski definition) is 0. The molecule has 4 aromatic rings. The second-order valence-electron chi connectivity index (χ2n) is 9.19. The Kier molecular flexibility index (Phi) is 7.65. The molecule has 0 aromatic heterocycles. The molecule has 4 nitrogen and oxygen atoms in total. The van der Waals surface area contributed by atoms with Gasteiger partial charge >= 0.3 is 0 Å². The molecular formula is C32H34N2O2+2. The standard InChI is InChI=1S/C32H34N2O2/c1-33(2)19-7-9-23-11-15-27-25(21-23)13-17-29(35-5)31(27)32-28-16-12-24(10-8-20-34(3)4)22-26(28)14-18-30(32)36-6/h7-22H,1-6H3/q+2/b9-7+,10-8+. The second-order valence-corrected chi connectivity index (χ2v) is 9.19. The first kappa shape index (κ1) is 24.9. The van der Waals surface area contributed by atoms with Gasteiger partial charge in [-0.3, -0.25) is 0 Å². The monoisotopic (exact) mass is 478 g/mol. The predicted octanol–water partition coefficient (Wildman–Crippen LogP) is 6.39. The second kappa shape index (κ2) is 11.0. The topological polar surface area (TPSA) is 24.5 Å². The van der Waals surface area contributed by atoms with Gasteiger partial charge in [0.2, 0.25) is 0 Å². The Bertz CT molecular complexity index is 1420. The van der Waals surface area contributed by atoms with Crippen molar-refractivity contribution >= 4 is 46.1 Å². The minimum atomic E-state index is 0.821. The van der Waals surface area contributed by atoms with Crippen LogP contribution >= 0.6 is 0 Å². The molecule has 0 saturated heterocycles. The van der Waals surface area contributed by atoms with Crippen LogP contribution in [0.3, 0.4) is 0 Å². The van der Waals surface area contributed by atoms with E-state index in [4.69, 9.17) is 9.47 Å². The quantitative estimate of drug-likeness (QED) is 0.227. The zero-order valence-electron chi connectivity index (χ0n) is 21.9. The van der Waals surface area contributed by atoms with E-state index in [1.165, 1.54) is 0 Å². The molecule has 0 heterocycles. The third kappa shape index (κ3) is 5.38. The molecule has 0 atom stereocenters.